The SMILES string of the molecule is Cc1cccc(-c2ccc(O)c3c2CC2CC4[C@H](N(C)C)C(O)=C(C(N)=O)C(=O)[C@@]4(O)C(O)=C2C3=O)c1. The molecule has 1 amide bonds. The number of phenols is 1. The minimum Gasteiger partial charge on any atom is -0.510 e. The number of aryl methyl sites for hydroxylation is 1. The summed E-state index contributed by atoms with van der Waals surface area (Å²) in [6.07, 6.45) is 0.293. The quantitative estimate of drug-likeness (QED) is 0.397. The number of hydrogen-bond acceptors (Lipinski definition) is 8. The second-order valence-corrected chi connectivity index (χ2v) is 10.3. The number of carbonyl (C=O) groups is 3. The second kappa shape index (κ2) is 8.29. The molecule has 9 heteroatoms. The van der Waals surface area contributed by atoms with Crippen molar-refractivity contribution in [1.82, 2.24) is 4.90 Å². The third-order valence-electron chi connectivity index (χ3n) is 7.94. The van der Waals surface area contributed by atoms with Gasteiger partial charge in [-0.15, -0.1) is 0 Å². The lowest BCUT2D eigenvalue weighted by Gasteiger charge is -2.50. The highest BCUT2D eigenvalue weighted by Crippen LogP contribution is 2.53. The number of Topliss-reactive ketones (excluding diaryl/α,β-unsaturated/α-hetero) is 2. The molecule has 6 N–H and O–H groups in total. The lowest BCUT2D eigenvalue weighted by molar-refractivity contribution is -0.148. The second-order valence-electron chi connectivity index (χ2n) is 10.3. The van der Waals surface area contributed by atoms with Gasteiger partial charge >= 0.3 is 0 Å². The molecule has 3 aliphatic rings. The van der Waals surface area contributed by atoms with E-state index in [2.05, 4.69) is 0 Å². The summed E-state index contributed by atoms with van der Waals surface area (Å²) in [5.74, 6) is -6.60. The average molecular weight is 505 g/mol. The molecule has 4 atom stereocenters. The number of primary amides is 1. The highest BCUT2D eigenvalue weighted by molar-refractivity contribution is 6.24. The predicted molar refractivity (Wildman–Crippen MR) is 134 cm³/mol. The fourth-order valence-electron chi connectivity index (χ4n) is 6.33. The molecule has 9 nitrogen and oxygen atoms in total. The van der Waals surface area contributed by atoms with Gasteiger partial charge in [0.1, 0.15) is 22.8 Å². The van der Waals surface area contributed by atoms with Crippen LogP contribution in [0, 0.1) is 18.8 Å². The van der Waals surface area contributed by atoms with Gasteiger partial charge < -0.3 is 26.2 Å². The molecule has 2 unspecified atom stereocenters. The zero-order valence-electron chi connectivity index (χ0n) is 20.6. The molecule has 0 aromatic heterocycles. The number of amides is 1. The van der Waals surface area contributed by atoms with E-state index in [1.54, 1.807) is 20.2 Å². The van der Waals surface area contributed by atoms with Crippen molar-refractivity contribution in [3.8, 4) is 16.9 Å². The van der Waals surface area contributed by atoms with Crippen LogP contribution in [0.15, 0.2) is 59.1 Å². The molecule has 192 valence electrons. The fraction of sp³-hybridized carbons (Fsp3) is 0.321. The molecule has 0 fully saturated rings. The summed E-state index contributed by atoms with van der Waals surface area (Å²) in [6, 6.07) is 9.85. The van der Waals surface area contributed by atoms with E-state index in [4.69, 9.17) is 5.73 Å². The van der Waals surface area contributed by atoms with E-state index in [1.807, 2.05) is 31.2 Å². The number of likely N-dealkylation sites (N-methyl/N-ethyl adjacent to an activating group) is 1. The molecule has 0 radical (unpaired) electrons. The normalized spacial score (nSPS) is 27.2. The number of rotatable bonds is 3. The lowest BCUT2D eigenvalue weighted by Crippen LogP contribution is -2.63. The van der Waals surface area contributed by atoms with E-state index in [0.29, 0.717) is 5.56 Å². The Morgan fingerprint density at radius 3 is 2.43 bits per heavy atom. The van der Waals surface area contributed by atoms with Crippen LogP contribution in [0.1, 0.15) is 27.9 Å². The van der Waals surface area contributed by atoms with E-state index in [9.17, 15) is 34.8 Å². The molecule has 5 rings (SSSR count). The topological polar surface area (TPSA) is 161 Å². The lowest BCUT2D eigenvalue weighted by atomic mass is 9.58. The molecule has 0 bridgehead atoms. The Labute approximate surface area is 213 Å². The van der Waals surface area contributed by atoms with Crippen LogP contribution < -0.4 is 5.73 Å². The Kier molecular flexibility index (Phi) is 5.54. The Morgan fingerprint density at radius 2 is 1.81 bits per heavy atom. The number of nitrogens with zero attached hydrogens (tertiary/aromatic N) is 1. The number of ketones is 2. The summed E-state index contributed by atoms with van der Waals surface area (Å²) in [7, 11) is 3.20. The Morgan fingerprint density at radius 1 is 1.11 bits per heavy atom. The number of allylic oxidation sites excluding steroid dienone is 1. The maximum Gasteiger partial charge on any atom is 0.255 e. The van der Waals surface area contributed by atoms with Crippen molar-refractivity contribution in [2.75, 3.05) is 14.1 Å². The molecule has 2 aromatic rings. The van der Waals surface area contributed by atoms with Gasteiger partial charge in [0.05, 0.1) is 11.6 Å². The van der Waals surface area contributed by atoms with Crippen LogP contribution in [0.4, 0.5) is 0 Å². The highest BCUT2D eigenvalue weighted by atomic mass is 16.3. The van der Waals surface area contributed by atoms with Gasteiger partial charge in [0.2, 0.25) is 5.78 Å². The minimum atomic E-state index is -2.64. The standard InChI is InChI=1S/C28H28N2O7/c1-12-5-4-6-13(9-12)15-7-8-18(31)20-16(15)10-14-11-17-22(30(2)3)24(33)21(27(29)36)26(35)28(17,37)25(34)19(14)23(20)32/h4-9,14,17,22,31,33-34,37H,10-11H2,1-3H3,(H2,29,36)/t14?,17?,22-,28-/m0/s1. The van der Waals surface area contributed by atoms with Crippen molar-refractivity contribution in [3.63, 3.8) is 0 Å². The summed E-state index contributed by atoms with van der Waals surface area (Å²) in [5, 5.41) is 44.6. The van der Waals surface area contributed by atoms with Gasteiger partial charge in [0.15, 0.2) is 11.4 Å². The number of carbonyl (C=O) groups excluding carboxylic acids is 3. The van der Waals surface area contributed by atoms with E-state index >= 15 is 0 Å². The monoisotopic (exact) mass is 504 g/mol. The van der Waals surface area contributed by atoms with Crippen LogP contribution in [-0.4, -0.2) is 68.5 Å². The van der Waals surface area contributed by atoms with Crippen molar-refractivity contribution in [2.45, 2.75) is 31.4 Å². The van der Waals surface area contributed by atoms with E-state index in [1.165, 1.54) is 11.0 Å². The van der Waals surface area contributed by atoms with Crippen LogP contribution >= 0.6 is 0 Å². The number of fused-ring (bicyclic) bond motifs is 3. The molecule has 2 aromatic carbocycles. The minimum absolute atomic E-state index is 0.000196. The predicted octanol–water partition coefficient (Wildman–Crippen LogP) is 2.10. The van der Waals surface area contributed by atoms with Crippen molar-refractivity contribution in [2.24, 2.45) is 17.6 Å². The van der Waals surface area contributed by atoms with Crippen LogP contribution in [0.25, 0.3) is 11.1 Å². The Bertz CT molecular complexity index is 1450. The summed E-state index contributed by atoms with van der Waals surface area (Å²) in [5.41, 5.74) is 4.96. The number of aliphatic hydroxyl groups is 3. The molecular formula is C28H28N2O7. The number of nitrogens with two attached hydrogens (primary N) is 1. The van der Waals surface area contributed by atoms with Crippen molar-refractivity contribution < 1.29 is 34.8 Å². The van der Waals surface area contributed by atoms with Gasteiger partial charge in [-0.05, 0) is 62.5 Å². The van der Waals surface area contributed by atoms with Crippen LogP contribution in [0.3, 0.4) is 0 Å². The van der Waals surface area contributed by atoms with Crippen molar-refractivity contribution in [3.05, 3.63) is 75.8 Å². The molecule has 37 heavy (non-hydrogen) atoms. The third-order valence-corrected chi connectivity index (χ3v) is 7.94. The van der Waals surface area contributed by atoms with E-state index in [0.717, 1.165) is 16.7 Å². The molecular weight excluding hydrogens is 476 g/mol. The van der Waals surface area contributed by atoms with E-state index in [-0.39, 0.29) is 29.7 Å². The average Bonchev–Trinajstić information content (AvgIpc) is 2.81. The van der Waals surface area contributed by atoms with Crippen molar-refractivity contribution in [1.29, 1.82) is 0 Å². The van der Waals surface area contributed by atoms with Gasteiger partial charge in [0, 0.05) is 11.5 Å². The van der Waals surface area contributed by atoms with Crippen LogP contribution in [0.5, 0.6) is 5.75 Å². The van der Waals surface area contributed by atoms with Gasteiger partial charge in [-0.3, -0.25) is 19.3 Å². The number of aromatic hydroxyl groups is 1. The van der Waals surface area contributed by atoms with Crippen LogP contribution in [-0.2, 0) is 16.0 Å². The maximum absolute atomic E-state index is 13.8. The molecule has 0 saturated carbocycles. The van der Waals surface area contributed by atoms with Crippen LogP contribution in [0.2, 0.25) is 0 Å². The number of phenolic OH excluding ortho intramolecular Hbond substituents is 1. The largest absolute Gasteiger partial charge is 0.510 e. The zero-order valence-corrected chi connectivity index (χ0v) is 20.6. The van der Waals surface area contributed by atoms with Gasteiger partial charge in [-0.2, -0.15) is 0 Å². The number of benzene rings is 2. The summed E-state index contributed by atoms with van der Waals surface area (Å²) >= 11 is 0. The number of hydrogen-bond donors (Lipinski definition) is 5. The summed E-state index contributed by atoms with van der Waals surface area (Å²) in [4.78, 5) is 40.7. The first-order valence-corrected chi connectivity index (χ1v) is 12.0. The third kappa shape index (κ3) is 3.34. The Hall–Kier alpha value is -3.95. The number of aliphatic hydroxyl groups excluding tert-OH is 2. The molecule has 0 saturated heterocycles. The first-order valence-electron chi connectivity index (χ1n) is 12.0. The van der Waals surface area contributed by atoms with E-state index < -0.39 is 58.0 Å². The molecule has 0 heterocycles. The maximum atomic E-state index is 13.8. The molecule has 3 aliphatic carbocycles. The zero-order chi connectivity index (χ0) is 27.0. The Balaban J connectivity index is 1.73. The first kappa shape index (κ1) is 24.7. The van der Waals surface area contributed by atoms with Gasteiger partial charge in [0.25, 0.3) is 5.91 Å². The smallest absolute Gasteiger partial charge is 0.255 e. The van der Waals surface area contributed by atoms with Gasteiger partial charge in [-0.1, -0.05) is 35.9 Å². The fourth-order valence-corrected chi connectivity index (χ4v) is 6.33. The highest BCUT2D eigenvalue weighted by Gasteiger charge is 2.63. The summed E-state index contributed by atoms with van der Waals surface area (Å²) in [6.45, 7) is 1.95. The molecule has 0 spiro atoms. The van der Waals surface area contributed by atoms with Crippen molar-refractivity contribution >= 4 is 17.5 Å². The summed E-state index contributed by atoms with van der Waals surface area (Å²) < 4.78 is 0. The first-order chi connectivity index (χ1) is 17.4. The molecule has 0 aliphatic heterocycles. The van der Waals surface area contributed by atoms with Gasteiger partial charge in [-0.25, -0.2) is 0 Å².